The molecule has 128 valence electrons. The van der Waals surface area contributed by atoms with Crippen LogP contribution in [-0.4, -0.2) is 23.0 Å². The number of rotatable bonds is 2. The molecule has 0 unspecified atom stereocenters. The molecular weight excluding hydrogens is 296 g/mol. The van der Waals surface area contributed by atoms with E-state index < -0.39 is 18.0 Å². The highest BCUT2D eigenvalue weighted by Gasteiger charge is 2.49. The minimum Gasteiger partial charge on any atom is -0.428 e. The van der Waals surface area contributed by atoms with Crippen molar-refractivity contribution in [2.45, 2.75) is 71.6 Å². The van der Waals surface area contributed by atoms with Crippen LogP contribution in [-0.2, 0) is 14.2 Å². The van der Waals surface area contributed by atoms with Crippen LogP contribution in [0.1, 0.15) is 60.3 Å². The monoisotopic (exact) mass is 322 g/mol. The maximum Gasteiger partial charge on any atom is 0.514 e. The van der Waals surface area contributed by atoms with Gasteiger partial charge in [-0.1, -0.05) is 12.1 Å². The van der Waals surface area contributed by atoms with Gasteiger partial charge in [0.25, 0.3) is 0 Å². The van der Waals surface area contributed by atoms with Crippen LogP contribution in [0.2, 0.25) is 0 Å². The van der Waals surface area contributed by atoms with Gasteiger partial charge in [-0.25, -0.2) is 4.79 Å². The smallest absolute Gasteiger partial charge is 0.428 e. The van der Waals surface area contributed by atoms with Crippen molar-refractivity contribution in [3.05, 3.63) is 29.8 Å². The fourth-order valence-corrected chi connectivity index (χ4v) is 2.04. The van der Waals surface area contributed by atoms with E-state index in [1.54, 1.807) is 32.9 Å². The van der Waals surface area contributed by atoms with E-state index in [0.717, 1.165) is 5.56 Å². The Morgan fingerprint density at radius 1 is 1.00 bits per heavy atom. The Bertz CT molecular complexity index is 550. The van der Waals surface area contributed by atoms with E-state index in [4.69, 9.17) is 18.9 Å². The van der Waals surface area contributed by atoms with Crippen molar-refractivity contribution < 1.29 is 23.7 Å². The molecule has 0 N–H and O–H groups in total. The first kappa shape index (κ1) is 17.8. The molecule has 0 spiro atoms. The van der Waals surface area contributed by atoms with E-state index in [0.29, 0.717) is 5.75 Å². The molecule has 1 heterocycles. The number of hydrogen-bond acceptors (Lipinski definition) is 5. The molecule has 5 heteroatoms. The zero-order chi connectivity index (χ0) is 17.5. The Labute approximate surface area is 137 Å². The van der Waals surface area contributed by atoms with Crippen molar-refractivity contribution in [2.24, 2.45) is 0 Å². The summed E-state index contributed by atoms with van der Waals surface area (Å²) >= 11 is 0. The summed E-state index contributed by atoms with van der Waals surface area (Å²) in [5, 5.41) is 0. The normalized spacial score (nSPS) is 20.3. The molecule has 0 radical (unpaired) electrons. The summed E-state index contributed by atoms with van der Waals surface area (Å²) in [6.07, 6.45) is -1.16. The molecule has 23 heavy (non-hydrogen) atoms. The van der Waals surface area contributed by atoms with Gasteiger partial charge in [-0.05, 0) is 60.6 Å². The topological polar surface area (TPSA) is 54.0 Å². The van der Waals surface area contributed by atoms with Crippen LogP contribution in [0.5, 0.6) is 5.75 Å². The van der Waals surface area contributed by atoms with Crippen LogP contribution < -0.4 is 4.74 Å². The minimum atomic E-state index is -0.721. The third kappa shape index (κ3) is 4.24. The summed E-state index contributed by atoms with van der Waals surface area (Å²) in [4.78, 5) is 11.6. The molecule has 1 fully saturated rings. The summed E-state index contributed by atoms with van der Waals surface area (Å²) in [6.45, 7) is 13.4. The molecule has 0 atom stereocenters. The van der Waals surface area contributed by atoms with E-state index in [-0.39, 0.29) is 11.2 Å². The summed E-state index contributed by atoms with van der Waals surface area (Å²) in [7, 11) is 0. The molecule has 1 aromatic rings. The molecule has 1 aromatic carbocycles. The molecule has 0 saturated carbocycles. The van der Waals surface area contributed by atoms with Crippen LogP contribution in [0.25, 0.3) is 0 Å². The number of hydrogen-bond donors (Lipinski definition) is 0. The highest BCUT2D eigenvalue weighted by Crippen LogP contribution is 2.44. The molecule has 5 nitrogen and oxygen atoms in total. The molecule has 0 aliphatic carbocycles. The zero-order valence-electron chi connectivity index (χ0n) is 14.9. The van der Waals surface area contributed by atoms with Gasteiger partial charge in [0.2, 0.25) is 0 Å². The van der Waals surface area contributed by atoms with Gasteiger partial charge >= 0.3 is 6.16 Å². The van der Waals surface area contributed by atoms with Gasteiger partial charge in [-0.3, -0.25) is 0 Å². The van der Waals surface area contributed by atoms with Crippen LogP contribution in [0.15, 0.2) is 24.3 Å². The fourth-order valence-electron chi connectivity index (χ4n) is 2.04. The molecule has 0 bridgehead atoms. The molecule has 0 aromatic heterocycles. The maximum atomic E-state index is 11.6. The van der Waals surface area contributed by atoms with Crippen molar-refractivity contribution in [1.29, 1.82) is 0 Å². The van der Waals surface area contributed by atoms with Crippen LogP contribution in [0.4, 0.5) is 4.79 Å². The molecule has 2 rings (SSSR count). The van der Waals surface area contributed by atoms with Crippen LogP contribution >= 0.6 is 0 Å². The Hall–Kier alpha value is -1.59. The number of carbonyl (C=O) groups is 1. The second-order valence-corrected chi connectivity index (χ2v) is 7.72. The average Bonchev–Trinajstić information content (AvgIpc) is 2.56. The minimum absolute atomic E-state index is 0.386. The predicted molar refractivity (Wildman–Crippen MR) is 86.4 cm³/mol. The van der Waals surface area contributed by atoms with Gasteiger partial charge in [0.1, 0.15) is 11.4 Å². The summed E-state index contributed by atoms with van der Waals surface area (Å²) in [5.41, 5.74) is -0.480. The van der Waals surface area contributed by atoms with Crippen molar-refractivity contribution in [1.82, 2.24) is 0 Å². The number of ether oxygens (including phenoxy) is 4. The zero-order valence-corrected chi connectivity index (χ0v) is 14.9. The first-order chi connectivity index (χ1) is 10.4. The standard InChI is InChI=1S/C18H26O5/c1-16(2,3)23-15(19)20-13-10-8-12(9-11-13)14-21-17(4,5)18(6,7)22-14/h8-11,14H,1-7H3. The maximum absolute atomic E-state index is 11.6. The third-order valence-corrected chi connectivity index (χ3v) is 4.00. The molecular formula is C18H26O5. The first-order valence-electron chi connectivity index (χ1n) is 7.76. The molecule has 1 saturated heterocycles. The summed E-state index contributed by atoms with van der Waals surface area (Å²) in [6, 6.07) is 7.04. The van der Waals surface area contributed by atoms with E-state index in [9.17, 15) is 4.79 Å². The Morgan fingerprint density at radius 2 is 1.48 bits per heavy atom. The SMILES string of the molecule is CC(C)(C)OC(=O)Oc1ccc(C2OC(C)(C)C(C)(C)O2)cc1. The second-order valence-electron chi connectivity index (χ2n) is 7.72. The number of benzene rings is 1. The largest absolute Gasteiger partial charge is 0.514 e. The van der Waals surface area contributed by atoms with Gasteiger partial charge in [0.15, 0.2) is 6.29 Å². The lowest BCUT2D eigenvalue weighted by molar-refractivity contribution is -0.0895. The van der Waals surface area contributed by atoms with E-state index >= 15 is 0 Å². The van der Waals surface area contributed by atoms with E-state index in [1.807, 2.05) is 39.8 Å². The fraction of sp³-hybridized carbons (Fsp3) is 0.611. The van der Waals surface area contributed by atoms with Gasteiger partial charge in [-0.2, -0.15) is 0 Å². The molecule has 0 amide bonds. The van der Waals surface area contributed by atoms with Crippen LogP contribution in [0, 0.1) is 0 Å². The molecule has 1 aliphatic heterocycles. The summed E-state index contributed by atoms with van der Waals surface area (Å²) < 4.78 is 22.2. The van der Waals surface area contributed by atoms with E-state index in [2.05, 4.69) is 0 Å². The summed E-state index contributed by atoms with van der Waals surface area (Å²) in [5.74, 6) is 0.416. The number of carbonyl (C=O) groups excluding carboxylic acids is 1. The van der Waals surface area contributed by atoms with Gasteiger partial charge in [0.05, 0.1) is 11.2 Å². The van der Waals surface area contributed by atoms with E-state index in [1.165, 1.54) is 0 Å². The highest BCUT2D eigenvalue weighted by atomic mass is 16.7. The van der Waals surface area contributed by atoms with Gasteiger partial charge < -0.3 is 18.9 Å². The Kier molecular flexibility index (Phi) is 4.48. The lowest BCUT2D eigenvalue weighted by atomic mass is 9.90. The molecule has 1 aliphatic rings. The quantitative estimate of drug-likeness (QED) is 0.588. The lowest BCUT2D eigenvalue weighted by Gasteiger charge is -2.30. The Balaban J connectivity index is 2.02. The van der Waals surface area contributed by atoms with Crippen molar-refractivity contribution >= 4 is 6.16 Å². The van der Waals surface area contributed by atoms with Crippen molar-refractivity contribution in [3.63, 3.8) is 0 Å². The highest BCUT2D eigenvalue weighted by molar-refractivity contribution is 5.64. The van der Waals surface area contributed by atoms with Crippen molar-refractivity contribution in [3.8, 4) is 5.75 Å². The Morgan fingerprint density at radius 3 is 1.91 bits per heavy atom. The average molecular weight is 322 g/mol. The third-order valence-electron chi connectivity index (χ3n) is 4.00. The predicted octanol–water partition coefficient (Wildman–Crippen LogP) is 4.60. The lowest BCUT2D eigenvalue weighted by Crippen LogP contribution is -2.41. The second kappa shape index (κ2) is 5.80. The van der Waals surface area contributed by atoms with Crippen molar-refractivity contribution in [2.75, 3.05) is 0 Å². The van der Waals surface area contributed by atoms with Crippen LogP contribution in [0.3, 0.4) is 0 Å². The van der Waals surface area contributed by atoms with Gasteiger partial charge in [-0.15, -0.1) is 0 Å². The van der Waals surface area contributed by atoms with Gasteiger partial charge in [0, 0.05) is 5.56 Å². The first-order valence-corrected chi connectivity index (χ1v) is 7.76.